The summed E-state index contributed by atoms with van der Waals surface area (Å²) >= 11 is 12.5. The zero-order valence-electron chi connectivity index (χ0n) is 19.6. The second kappa shape index (κ2) is 9.90. The number of halogens is 2. The number of likely N-dealkylation sites (tertiary alicyclic amines) is 1. The molecule has 2 aliphatic rings. The van der Waals surface area contributed by atoms with Crippen molar-refractivity contribution in [2.24, 2.45) is 18.9 Å². The van der Waals surface area contributed by atoms with Crippen LogP contribution in [0.25, 0.3) is 11.2 Å². The first-order valence-corrected chi connectivity index (χ1v) is 12.7. The number of aromatic nitrogens is 3. The van der Waals surface area contributed by atoms with E-state index >= 15 is 0 Å². The minimum Gasteiger partial charge on any atom is -0.483 e. The molecule has 1 aromatic carbocycles. The highest BCUT2D eigenvalue weighted by Crippen LogP contribution is 2.38. The van der Waals surface area contributed by atoms with Gasteiger partial charge < -0.3 is 24.2 Å². The van der Waals surface area contributed by atoms with Crippen LogP contribution in [0.2, 0.25) is 10.0 Å². The van der Waals surface area contributed by atoms with Crippen LogP contribution in [-0.4, -0.2) is 63.9 Å². The van der Waals surface area contributed by atoms with Gasteiger partial charge in [-0.15, -0.1) is 0 Å². The number of imidazole rings is 1. The van der Waals surface area contributed by atoms with E-state index in [0.717, 1.165) is 55.4 Å². The quantitative estimate of drug-likeness (QED) is 0.509. The van der Waals surface area contributed by atoms with Gasteiger partial charge >= 0.3 is 0 Å². The SMILES string of the molecule is C[C@@H](Oc1cc(N2CC(C3CCCN(CCO)C3)C2)nc2ncn(C)c12)c1ccc(Cl)cc1Cl. The number of nitrogens with zero attached hydrogens (tertiary/aromatic N) is 5. The van der Waals surface area contributed by atoms with E-state index in [1.807, 2.05) is 36.7 Å². The Balaban J connectivity index is 1.34. The molecule has 2 aliphatic heterocycles. The minimum atomic E-state index is -0.262. The molecule has 0 aliphatic carbocycles. The Labute approximate surface area is 210 Å². The molecule has 3 aromatic rings. The van der Waals surface area contributed by atoms with Gasteiger partial charge in [-0.25, -0.2) is 9.97 Å². The molecule has 1 N–H and O–H groups in total. The third-order valence-corrected chi connectivity index (χ3v) is 7.76. The summed E-state index contributed by atoms with van der Waals surface area (Å²) < 4.78 is 8.37. The third-order valence-electron chi connectivity index (χ3n) is 7.19. The highest BCUT2D eigenvalue weighted by Gasteiger charge is 2.36. The molecule has 9 heteroatoms. The Morgan fingerprint density at radius 3 is 2.76 bits per heavy atom. The van der Waals surface area contributed by atoms with Crippen molar-refractivity contribution >= 4 is 40.2 Å². The molecular formula is C25H31Cl2N5O2. The first-order valence-electron chi connectivity index (χ1n) is 11.9. The Kier molecular flexibility index (Phi) is 6.89. The van der Waals surface area contributed by atoms with Crippen molar-refractivity contribution in [1.29, 1.82) is 0 Å². The monoisotopic (exact) mass is 503 g/mol. The van der Waals surface area contributed by atoms with Crippen molar-refractivity contribution in [2.75, 3.05) is 44.2 Å². The molecule has 4 heterocycles. The van der Waals surface area contributed by atoms with Crippen molar-refractivity contribution in [3.63, 3.8) is 0 Å². The normalized spacial score (nSPS) is 20.5. The van der Waals surface area contributed by atoms with Crippen LogP contribution in [0.1, 0.15) is 31.4 Å². The third kappa shape index (κ3) is 4.71. The summed E-state index contributed by atoms with van der Waals surface area (Å²) in [6.07, 6.45) is 3.98. The number of ether oxygens (including phenoxy) is 1. The average Bonchev–Trinajstić information content (AvgIpc) is 3.14. The molecule has 1 unspecified atom stereocenters. The van der Waals surface area contributed by atoms with Crippen LogP contribution in [0.5, 0.6) is 5.75 Å². The molecule has 0 amide bonds. The van der Waals surface area contributed by atoms with Gasteiger partial charge in [0.15, 0.2) is 11.4 Å². The second-order valence-corrected chi connectivity index (χ2v) is 10.4. The van der Waals surface area contributed by atoms with Gasteiger partial charge in [0.25, 0.3) is 0 Å². The van der Waals surface area contributed by atoms with E-state index in [1.54, 1.807) is 12.4 Å². The molecule has 2 fully saturated rings. The smallest absolute Gasteiger partial charge is 0.183 e. The van der Waals surface area contributed by atoms with Crippen molar-refractivity contribution in [3.8, 4) is 5.75 Å². The molecule has 2 saturated heterocycles. The van der Waals surface area contributed by atoms with Crippen LogP contribution in [0, 0.1) is 11.8 Å². The van der Waals surface area contributed by atoms with Gasteiger partial charge in [0.05, 0.1) is 12.9 Å². The fourth-order valence-electron chi connectivity index (χ4n) is 5.27. The molecule has 0 radical (unpaired) electrons. The number of pyridine rings is 1. The first kappa shape index (κ1) is 23.7. The molecular weight excluding hydrogens is 473 g/mol. The zero-order chi connectivity index (χ0) is 23.8. The van der Waals surface area contributed by atoms with Crippen molar-refractivity contribution in [2.45, 2.75) is 25.9 Å². The Hall–Kier alpha value is -2.06. The molecule has 0 spiro atoms. The van der Waals surface area contributed by atoms with Gasteiger partial charge in [0.2, 0.25) is 0 Å². The number of hydrogen-bond acceptors (Lipinski definition) is 6. The Bertz CT molecular complexity index is 1160. The van der Waals surface area contributed by atoms with Crippen LogP contribution in [0.4, 0.5) is 5.82 Å². The van der Waals surface area contributed by atoms with E-state index in [0.29, 0.717) is 27.5 Å². The fourth-order valence-corrected chi connectivity index (χ4v) is 5.83. The maximum Gasteiger partial charge on any atom is 0.183 e. The Morgan fingerprint density at radius 1 is 1.18 bits per heavy atom. The zero-order valence-corrected chi connectivity index (χ0v) is 21.1. The van der Waals surface area contributed by atoms with Gasteiger partial charge in [-0.3, -0.25) is 0 Å². The fraction of sp³-hybridized carbons (Fsp3) is 0.520. The number of hydrogen-bond donors (Lipinski definition) is 1. The molecule has 7 nitrogen and oxygen atoms in total. The number of aliphatic hydroxyl groups is 1. The Morgan fingerprint density at radius 2 is 2.00 bits per heavy atom. The summed E-state index contributed by atoms with van der Waals surface area (Å²) in [6, 6.07) is 7.50. The van der Waals surface area contributed by atoms with Gasteiger partial charge in [-0.1, -0.05) is 29.3 Å². The van der Waals surface area contributed by atoms with Gasteiger partial charge in [0.1, 0.15) is 17.4 Å². The minimum absolute atomic E-state index is 0.236. The summed E-state index contributed by atoms with van der Waals surface area (Å²) in [5, 5.41) is 10.5. The van der Waals surface area contributed by atoms with Crippen LogP contribution < -0.4 is 9.64 Å². The number of anilines is 1. The van der Waals surface area contributed by atoms with E-state index < -0.39 is 0 Å². The maximum absolute atomic E-state index is 9.29. The number of benzene rings is 1. The predicted molar refractivity (Wildman–Crippen MR) is 136 cm³/mol. The van der Waals surface area contributed by atoms with Gasteiger partial charge in [-0.2, -0.15) is 0 Å². The summed E-state index contributed by atoms with van der Waals surface area (Å²) in [7, 11) is 1.95. The standard InChI is InChI=1S/C25H31Cl2N5O2/c1-16(20-6-5-19(26)10-21(20)27)34-22-11-23(29-25-24(22)30(2)15-28-25)32-13-18(14-32)17-4-3-7-31(12-17)8-9-33/h5-6,10-11,15-18,33H,3-4,7-9,12-14H2,1-2H3/t16-,17?/m1/s1. The summed E-state index contributed by atoms with van der Waals surface area (Å²) in [5.41, 5.74) is 2.43. The van der Waals surface area contributed by atoms with E-state index in [1.165, 1.54) is 12.8 Å². The van der Waals surface area contributed by atoms with Crippen LogP contribution in [0.15, 0.2) is 30.6 Å². The van der Waals surface area contributed by atoms with E-state index in [4.69, 9.17) is 32.9 Å². The average molecular weight is 504 g/mol. The number of rotatable bonds is 7. The molecule has 0 bridgehead atoms. The highest BCUT2D eigenvalue weighted by atomic mass is 35.5. The van der Waals surface area contributed by atoms with Crippen molar-refractivity contribution < 1.29 is 9.84 Å². The first-order chi connectivity index (χ1) is 16.4. The predicted octanol–water partition coefficient (Wildman–Crippen LogP) is 4.56. The maximum atomic E-state index is 9.29. The molecule has 2 atom stereocenters. The van der Waals surface area contributed by atoms with E-state index in [-0.39, 0.29) is 12.7 Å². The second-order valence-electron chi connectivity index (χ2n) is 9.52. The van der Waals surface area contributed by atoms with Crippen LogP contribution in [0.3, 0.4) is 0 Å². The topological polar surface area (TPSA) is 66.7 Å². The molecule has 5 rings (SSSR count). The van der Waals surface area contributed by atoms with E-state index in [2.05, 4.69) is 14.8 Å². The molecule has 2 aromatic heterocycles. The van der Waals surface area contributed by atoms with Gasteiger partial charge in [0, 0.05) is 54.9 Å². The van der Waals surface area contributed by atoms with E-state index in [9.17, 15) is 5.11 Å². The number of β-amino-alcohol motifs (C(OH)–C–C–N with tert-alkyl or cyclic N) is 1. The van der Waals surface area contributed by atoms with Crippen LogP contribution in [-0.2, 0) is 7.05 Å². The lowest BCUT2D eigenvalue weighted by molar-refractivity contribution is 0.101. The lowest BCUT2D eigenvalue weighted by Gasteiger charge is -2.47. The summed E-state index contributed by atoms with van der Waals surface area (Å²) in [6.45, 7) is 7.16. The largest absolute Gasteiger partial charge is 0.483 e. The lowest BCUT2D eigenvalue weighted by atomic mass is 9.80. The number of fused-ring (bicyclic) bond motifs is 1. The van der Waals surface area contributed by atoms with Gasteiger partial charge in [-0.05, 0) is 50.3 Å². The molecule has 34 heavy (non-hydrogen) atoms. The molecule has 0 saturated carbocycles. The summed E-state index contributed by atoms with van der Waals surface area (Å²) in [5.74, 6) is 2.97. The van der Waals surface area contributed by atoms with Crippen molar-refractivity contribution in [3.05, 3.63) is 46.2 Å². The van der Waals surface area contributed by atoms with Crippen molar-refractivity contribution in [1.82, 2.24) is 19.4 Å². The summed E-state index contributed by atoms with van der Waals surface area (Å²) in [4.78, 5) is 14.0. The lowest BCUT2D eigenvalue weighted by Crippen LogP contribution is -2.54. The molecule has 182 valence electrons. The number of piperidine rings is 1. The van der Waals surface area contributed by atoms with Crippen LogP contribution >= 0.6 is 23.2 Å². The highest BCUT2D eigenvalue weighted by molar-refractivity contribution is 6.35. The number of aryl methyl sites for hydroxylation is 1. The number of aliphatic hydroxyl groups excluding tert-OH is 1.